The van der Waals surface area contributed by atoms with Crippen molar-refractivity contribution in [2.75, 3.05) is 7.11 Å². The van der Waals surface area contributed by atoms with E-state index in [9.17, 15) is 0 Å². The predicted molar refractivity (Wildman–Crippen MR) is 28.6 cm³/mol. The Morgan fingerprint density at radius 1 is 1.75 bits per heavy atom. The van der Waals surface area contributed by atoms with Crippen molar-refractivity contribution in [1.82, 2.24) is 4.73 Å². The van der Waals surface area contributed by atoms with Crippen molar-refractivity contribution in [3.05, 3.63) is 18.5 Å². The molecule has 44 valence electrons. The lowest BCUT2D eigenvalue weighted by atomic mass is 10.6. The molecular formula is C5H7NO2. The summed E-state index contributed by atoms with van der Waals surface area (Å²) in [7, 11) is 1.53. The van der Waals surface area contributed by atoms with Gasteiger partial charge in [0.25, 0.3) is 0 Å². The Bertz CT molecular complexity index is 171. The van der Waals surface area contributed by atoms with Crippen LogP contribution in [0.5, 0.6) is 5.75 Å². The van der Waals surface area contributed by atoms with Crippen LogP contribution in [0.25, 0.3) is 0 Å². The van der Waals surface area contributed by atoms with E-state index in [-0.39, 0.29) is 5.75 Å². The average Bonchev–Trinajstić information content (AvgIpc) is 2.14. The van der Waals surface area contributed by atoms with E-state index >= 15 is 0 Å². The molecule has 0 fully saturated rings. The predicted octanol–water partition coefficient (Wildman–Crippen LogP) is 0.252. The highest BCUT2D eigenvalue weighted by Crippen LogP contribution is 2.04. The normalized spacial score (nSPS) is 9.12. The van der Waals surface area contributed by atoms with Crippen molar-refractivity contribution < 1.29 is 9.94 Å². The van der Waals surface area contributed by atoms with Gasteiger partial charge in [-0.2, -0.15) is 4.73 Å². The van der Waals surface area contributed by atoms with Gasteiger partial charge in [0, 0.05) is 12.3 Å². The lowest BCUT2D eigenvalue weighted by Crippen LogP contribution is -2.00. The maximum absolute atomic E-state index is 8.68. The summed E-state index contributed by atoms with van der Waals surface area (Å²) in [5.41, 5.74) is 0. The molecule has 1 heterocycles. The van der Waals surface area contributed by atoms with Gasteiger partial charge in [-0.3, -0.25) is 0 Å². The Morgan fingerprint density at radius 3 is 2.75 bits per heavy atom. The van der Waals surface area contributed by atoms with E-state index in [1.54, 1.807) is 12.3 Å². The quantitative estimate of drug-likeness (QED) is 0.566. The molecule has 3 nitrogen and oxygen atoms in total. The van der Waals surface area contributed by atoms with Crippen LogP contribution < -0.4 is 4.84 Å². The van der Waals surface area contributed by atoms with Crippen molar-refractivity contribution in [3.63, 3.8) is 0 Å². The molecule has 0 bridgehead atoms. The van der Waals surface area contributed by atoms with Crippen LogP contribution in [-0.2, 0) is 0 Å². The fourth-order valence-corrected chi connectivity index (χ4v) is 0.480. The zero-order valence-electron chi connectivity index (χ0n) is 4.53. The fraction of sp³-hybridized carbons (Fsp3) is 0.200. The monoisotopic (exact) mass is 113 g/mol. The molecule has 0 spiro atoms. The number of nitrogens with zero attached hydrogens (tertiary/aromatic N) is 1. The van der Waals surface area contributed by atoms with Gasteiger partial charge >= 0.3 is 0 Å². The first-order chi connectivity index (χ1) is 3.83. The standard InChI is InChI=1S/C5H7NO2/c1-8-6-3-2-5(7)4-6/h2-4,7H,1H3. The van der Waals surface area contributed by atoms with E-state index in [1.165, 1.54) is 18.0 Å². The molecule has 1 aromatic heterocycles. The Kier molecular flexibility index (Phi) is 1.12. The molecule has 1 rings (SSSR count). The van der Waals surface area contributed by atoms with Gasteiger partial charge in [-0.15, -0.1) is 0 Å². The summed E-state index contributed by atoms with van der Waals surface area (Å²) in [5, 5.41) is 8.68. The first-order valence-electron chi connectivity index (χ1n) is 2.24. The van der Waals surface area contributed by atoms with Crippen molar-refractivity contribution in [2.45, 2.75) is 0 Å². The van der Waals surface area contributed by atoms with Gasteiger partial charge in [0.1, 0.15) is 12.9 Å². The molecule has 1 N–H and O–H groups in total. The van der Waals surface area contributed by atoms with Gasteiger partial charge in [0.05, 0.1) is 6.20 Å². The van der Waals surface area contributed by atoms with Crippen molar-refractivity contribution in [1.29, 1.82) is 0 Å². The summed E-state index contributed by atoms with van der Waals surface area (Å²) in [6, 6.07) is 1.55. The largest absolute Gasteiger partial charge is 0.506 e. The van der Waals surface area contributed by atoms with Crippen molar-refractivity contribution in [3.8, 4) is 5.75 Å². The van der Waals surface area contributed by atoms with E-state index in [0.29, 0.717) is 0 Å². The molecule has 8 heavy (non-hydrogen) atoms. The van der Waals surface area contributed by atoms with Crippen LogP contribution in [0.15, 0.2) is 18.5 Å². The van der Waals surface area contributed by atoms with E-state index < -0.39 is 0 Å². The molecule has 0 radical (unpaired) electrons. The SMILES string of the molecule is COn1ccc(O)c1. The molecular weight excluding hydrogens is 106 g/mol. The first-order valence-corrected chi connectivity index (χ1v) is 2.24. The van der Waals surface area contributed by atoms with Crippen LogP contribution in [0.4, 0.5) is 0 Å². The molecule has 0 atom stereocenters. The Morgan fingerprint density at radius 2 is 2.50 bits per heavy atom. The van der Waals surface area contributed by atoms with Crippen LogP contribution >= 0.6 is 0 Å². The summed E-state index contributed by atoms with van der Waals surface area (Å²) in [6.07, 6.45) is 3.09. The molecule has 1 aromatic rings. The van der Waals surface area contributed by atoms with Gasteiger partial charge in [-0.05, 0) is 0 Å². The summed E-state index contributed by atoms with van der Waals surface area (Å²) < 4.78 is 1.41. The van der Waals surface area contributed by atoms with Gasteiger partial charge < -0.3 is 9.94 Å². The maximum Gasteiger partial charge on any atom is 0.136 e. The van der Waals surface area contributed by atoms with Crippen LogP contribution in [-0.4, -0.2) is 16.9 Å². The van der Waals surface area contributed by atoms with Crippen molar-refractivity contribution in [2.24, 2.45) is 0 Å². The highest BCUT2D eigenvalue weighted by Gasteiger charge is 1.87. The van der Waals surface area contributed by atoms with Gasteiger partial charge in [-0.25, -0.2) is 0 Å². The molecule has 0 aliphatic carbocycles. The highest BCUT2D eigenvalue weighted by atomic mass is 16.6. The van der Waals surface area contributed by atoms with E-state index in [0.717, 1.165) is 0 Å². The maximum atomic E-state index is 8.68. The lowest BCUT2D eigenvalue weighted by molar-refractivity contribution is 0.167. The van der Waals surface area contributed by atoms with Crippen LogP contribution in [0.1, 0.15) is 0 Å². The Balaban J connectivity index is 2.84. The Labute approximate surface area is 47.1 Å². The summed E-state index contributed by atoms with van der Waals surface area (Å²) >= 11 is 0. The number of rotatable bonds is 1. The zero-order chi connectivity index (χ0) is 5.98. The summed E-state index contributed by atoms with van der Waals surface area (Å²) in [6.45, 7) is 0. The molecule has 0 unspecified atom stereocenters. The second-order valence-electron chi connectivity index (χ2n) is 1.41. The fourth-order valence-electron chi connectivity index (χ4n) is 0.480. The number of aromatic nitrogens is 1. The number of hydrogen-bond donors (Lipinski definition) is 1. The number of aromatic hydroxyl groups is 1. The van der Waals surface area contributed by atoms with Crippen LogP contribution in [0.2, 0.25) is 0 Å². The lowest BCUT2D eigenvalue weighted by Gasteiger charge is -1.94. The van der Waals surface area contributed by atoms with Gasteiger partial charge in [0.15, 0.2) is 0 Å². The van der Waals surface area contributed by atoms with Gasteiger partial charge in [0.2, 0.25) is 0 Å². The smallest absolute Gasteiger partial charge is 0.136 e. The van der Waals surface area contributed by atoms with Crippen molar-refractivity contribution >= 4 is 0 Å². The Hall–Kier alpha value is -1.12. The third kappa shape index (κ3) is 0.753. The third-order valence-electron chi connectivity index (χ3n) is 0.863. The minimum Gasteiger partial charge on any atom is -0.506 e. The van der Waals surface area contributed by atoms with Crippen LogP contribution in [0.3, 0.4) is 0 Å². The molecule has 3 heteroatoms. The first kappa shape index (κ1) is 5.03. The topological polar surface area (TPSA) is 34.4 Å². The summed E-state index contributed by atoms with van der Waals surface area (Å²) in [4.78, 5) is 4.69. The van der Waals surface area contributed by atoms with Gasteiger partial charge in [-0.1, -0.05) is 0 Å². The molecule has 0 saturated heterocycles. The molecule has 0 aliphatic rings. The second kappa shape index (κ2) is 1.78. The number of hydrogen-bond acceptors (Lipinski definition) is 2. The molecule has 0 saturated carbocycles. The molecule has 0 amide bonds. The molecule has 0 aliphatic heterocycles. The third-order valence-corrected chi connectivity index (χ3v) is 0.863. The minimum absolute atomic E-state index is 0.215. The highest BCUT2D eigenvalue weighted by molar-refractivity contribution is 5.13. The minimum atomic E-state index is 0.215. The average molecular weight is 113 g/mol. The van der Waals surface area contributed by atoms with Crippen LogP contribution in [0, 0.1) is 0 Å². The van der Waals surface area contributed by atoms with E-state index in [1.807, 2.05) is 0 Å². The molecule has 0 aromatic carbocycles. The zero-order valence-corrected chi connectivity index (χ0v) is 4.53. The van der Waals surface area contributed by atoms with E-state index in [4.69, 9.17) is 9.94 Å². The summed E-state index contributed by atoms with van der Waals surface area (Å²) in [5.74, 6) is 0.215. The second-order valence-corrected chi connectivity index (χ2v) is 1.41. The van der Waals surface area contributed by atoms with E-state index in [2.05, 4.69) is 0 Å².